The number of H-pyrrole nitrogens is 1. The topological polar surface area (TPSA) is 44.0 Å². The van der Waals surface area contributed by atoms with E-state index in [0.29, 0.717) is 6.04 Å². The molecule has 1 aromatic carbocycles. The Morgan fingerprint density at radius 3 is 2.33 bits per heavy atom. The number of hydrogen-bond donors (Lipinski definition) is 2. The van der Waals surface area contributed by atoms with Gasteiger partial charge >= 0.3 is 0 Å². The first kappa shape index (κ1) is 18.5. The third kappa shape index (κ3) is 5.30. The van der Waals surface area contributed by atoms with Crippen LogP contribution in [0.15, 0.2) is 48.8 Å². The van der Waals surface area contributed by atoms with Crippen LogP contribution in [0.3, 0.4) is 0 Å². The monoisotopic (exact) mass is 364 g/mol. The lowest BCUT2D eigenvalue weighted by Crippen LogP contribution is -2.42. The van der Waals surface area contributed by atoms with Gasteiger partial charge in [0.15, 0.2) is 0 Å². The number of nitrogens with one attached hydrogen (secondary N) is 2. The van der Waals surface area contributed by atoms with Gasteiger partial charge in [0.25, 0.3) is 0 Å². The van der Waals surface area contributed by atoms with Crippen molar-refractivity contribution in [2.75, 3.05) is 13.1 Å². The summed E-state index contributed by atoms with van der Waals surface area (Å²) in [5, 5.41) is 3.79. The molecular formula is C23H32N4. The molecule has 0 radical (unpaired) electrons. The zero-order chi connectivity index (χ0) is 18.3. The second-order valence-corrected chi connectivity index (χ2v) is 8.00. The van der Waals surface area contributed by atoms with E-state index in [1.165, 1.54) is 62.7 Å². The Kier molecular flexibility index (Phi) is 6.38. The number of imidazole rings is 1. The maximum atomic E-state index is 4.30. The second-order valence-electron chi connectivity index (χ2n) is 8.00. The Bertz CT molecular complexity index is 686. The van der Waals surface area contributed by atoms with Crippen LogP contribution in [0, 0.1) is 0 Å². The summed E-state index contributed by atoms with van der Waals surface area (Å²) in [4.78, 5) is 10.2. The average Bonchev–Trinajstić information content (AvgIpc) is 3.07. The van der Waals surface area contributed by atoms with Crippen molar-refractivity contribution >= 4 is 0 Å². The standard InChI is InChI=1S/C23H32N4/c1-2-4-16-27(15-3-1)22-11-9-21(10-12-22)26-18-20-7-5-19(6-8-20)17-23-24-13-14-25-23/h1-2,5-8,13-14,21-22,26H,3-4,9-12,15-18H2,(H,24,25). The number of rotatable bonds is 6. The lowest BCUT2D eigenvalue weighted by atomic mass is 9.90. The molecule has 0 bridgehead atoms. The van der Waals surface area contributed by atoms with E-state index in [-0.39, 0.29) is 0 Å². The van der Waals surface area contributed by atoms with E-state index in [1.54, 1.807) is 0 Å². The Morgan fingerprint density at radius 1 is 0.963 bits per heavy atom. The minimum Gasteiger partial charge on any atom is -0.348 e. The number of aromatic nitrogens is 2. The van der Waals surface area contributed by atoms with Crippen LogP contribution in [-0.4, -0.2) is 40.0 Å². The van der Waals surface area contributed by atoms with E-state index in [9.17, 15) is 0 Å². The quantitative estimate of drug-likeness (QED) is 0.760. The zero-order valence-electron chi connectivity index (χ0n) is 16.2. The molecular weight excluding hydrogens is 332 g/mol. The van der Waals surface area contributed by atoms with Crippen LogP contribution in [0.1, 0.15) is 55.5 Å². The fourth-order valence-electron chi connectivity index (χ4n) is 4.46. The van der Waals surface area contributed by atoms with Crippen molar-refractivity contribution < 1.29 is 0 Å². The highest BCUT2D eigenvalue weighted by molar-refractivity contribution is 5.24. The molecule has 4 heteroatoms. The molecule has 0 unspecified atom stereocenters. The summed E-state index contributed by atoms with van der Waals surface area (Å²) in [6, 6.07) is 10.4. The smallest absolute Gasteiger partial charge is 0.110 e. The molecule has 2 heterocycles. The summed E-state index contributed by atoms with van der Waals surface area (Å²) in [5.74, 6) is 1.03. The van der Waals surface area contributed by atoms with Crippen LogP contribution < -0.4 is 5.32 Å². The van der Waals surface area contributed by atoms with Gasteiger partial charge in [0.2, 0.25) is 0 Å². The number of hydrogen-bond acceptors (Lipinski definition) is 3. The molecule has 0 saturated heterocycles. The van der Waals surface area contributed by atoms with E-state index in [2.05, 4.69) is 56.6 Å². The molecule has 4 rings (SSSR count). The number of aromatic amines is 1. The first-order valence-electron chi connectivity index (χ1n) is 10.6. The van der Waals surface area contributed by atoms with Gasteiger partial charge in [0, 0.05) is 50.5 Å². The predicted octanol–water partition coefficient (Wildman–Crippen LogP) is 4.05. The molecule has 0 spiro atoms. The molecule has 27 heavy (non-hydrogen) atoms. The van der Waals surface area contributed by atoms with Crippen molar-refractivity contribution in [3.63, 3.8) is 0 Å². The Balaban J connectivity index is 1.19. The lowest BCUT2D eigenvalue weighted by molar-refractivity contribution is 0.149. The Morgan fingerprint density at radius 2 is 1.67 bits per heavy atom. The van der Waals surface area contributed by atoms with Crippen molar-refractivity contribution in [1.29, 1.82) is 0 Å². The first-order chi connectivity index (χ1) is 13.4. The van der Waals surface area contributed by atoms with Crippen LogP contribution in [0.5, 0.6) is 0 Å². The van der Waals surface area contributed by atoms with Crippen LogP contribution in [-0.2, 0) is 13.0 Å². The maximum Gasteiger partial charge on any atom is 0.110 e. The van der Waals surface area contributed by atoms with Crippen molar-refractivity contribution in [2.45, 2.75) is 63.6 Å². The minimum absolute atomic E-state index is 0.675. The average molecular weight is 365 g/mol. The third-order valence-corrected chi connectivity index (χ3v) is 6.09. The molecule has 0 atom stereocenters. The molecule has 2 N–H and O–H groups in total. The Labute approximate surface area is 163 Å². The largest absolute Gasteiger partial charge is 0.348 e. The highest BCUT2D eigenvalue weighted by Gasteiger charge is 2.25. The van der Waals surface area contributed by atoms with Crippen LogP contribution in [0.2, 0.25) is 0 Å². The summed E-state index contributed by atoms with van der Waals surface area (Å²) >= 11 is 0. The van der Waals surface area contributed by atoms with Crippen molar-refractivity contribution in [2.24, 2.45) is 0 Å². The van der Waals surface area contributed by atoms with Gasteiger partial charge in [-0.1, -0.05) is 36.4 Å². The molecule has 4 nitrogen and oxygen atoms in total. The summed E-state index contributed by atoms with van der Waals surface area (Å²) in [6.07, 6.45) is 17.0. The molecule has 1 aliphatic heterocycles. The van der Waals surface area contributed by atoms with Gasteiger partial charge in [-0.25, -0.2) is 4.98 Å². The number of nitrogens with zero attached hydrogens (tertiary/aromatic N) is 2. The van der Waals surface area contributed by atoms with Crippen molar-refractivity contribution in [3.05, 3.63) is 65.8 Å². The summed E-state index contributed by atoms with van der Waals surface area (Å²) < 4.78 is 0. The number of benzene rings is 1. The van der Waals surface area contributed by atoms with E-state index in [1.807, 2.05) is 12.4 Å². The molecule has 0 amide bonds. The predicted molar refractivity (Wildman–Crippen MR) is 111 cm³/mol. The molecule has 144 valence electrons. The van der Waals surface area contributed by atoms with Crippen LogP contribution >= 0.6 is 0 Å². The highest BCUT2D eigenvalue weighted by atomic mass is 15.2. The second kappa shape index (κ2) is 9.34. The highest BCUT2D eigenvalue weighted by Crippen LogP contribution is 2.24. The molecule has 1 fully saturated rings. The van der Waals surface area contributed by atoms with E-state index >= 15 is 0 Å². The SMILES string of the molecule is C1=CCCN(C2CCC(NCc3ccc(Cc4ncc[nH]4)cc3)CC2)CC1. The molecule has 1 saturated carbocycles. The fourth-order valence-corrected chi connectivity index (χ4v) is 4.46. The molecule has 2 aromatic rings. The normalized spacial score (nSPS) is 24.0. The van der Waals surface area contributed by atoms with Crippen molar-refractivity contribution in [3.8, 4) is 0 Å². The maximum absolute atomic E-state index is 4.30. The van der Waals surface area contributed by atoms with E-state index in [0.717, 1.165) is 24.8 Å². The lowest BCUT2D eigenvalue weighted by Gasteiger charge is -2.36. The first-order valence-corrected chi connectivity index (χ1v) is 10.6. The third-order valence-electron chi connectivity index (χ3n) is 6.09. The molecule has 1 aliphatic carbocycles. The van der Waals surface area contributed by atoms with E-state index < -0.39 is 0 Å². The van der Waals surface area contributed by atoms with Gasteiger partial charge in [-0.3, -0.25) is 4.90 Å². The van der Waals surface area contributed by atoms with Gasteiger partial charge in [0.05, 0.1) is 0 Å². The summed E-state index contributed by atoms with van der Waals surface area (Å²) in [7, 11) is 0. The van der Waals surface area contributed by atoms with Gasteiger partial charge in [0.1, 0.15) is 5.82 Å². The van der Waals surface area contributed by atoms with Gasteiger partial charge < -0.3 is 10.3 Å². The summed E-state index contributed by atoms with van der Waals surface area (Å²) in [5.41, 5.74) is 2.68. The van der Waals surface area contributed by atoms with Gasteiger partial charge in [-0.2, -0.15) is 0 Å². The zero-order valence-corrected chi connectivity index (χ0v) is 16.2. The molecule has 2 aliphatic rings. The molecule has 1 aromatic heterocycles. The van der Waals surface area contributed by atoms with Gasteiger partial charge in [-0.15, -0.1) is 0 Å². The Hall–Kier alpha value is -1.91. The van der Waals surface area contributed by atoms with Gasteiger partial charge in [-0.05, 0) is 49.7 Å². The van der Waals surface area contributed by atoms with Crippen LogP contribution in [0.4, 0.5) is 0 Å². The summed E-state index contributed by atoms with van der Waals surface area (Å²) in [6.45, 7) is 3.48. The van der Waals surface area contributed by atoms with Crippen molar-refractivity contribution in [1.82, 2.24) is 20.2 Å². The van der Waals surface area contributed by atoms with Crippen LogP contribution in [0.25, 0.3) is 0 Å². The van der Waals surface area contributed by atoms with E-state index in [4.69, 9.17) is 0 Å². The fraction of sp³-hybridized carbons (Fsp3) is 0.522. The minimum atomic E-state index is 0.675.